The van der Waals surface area contributed by atoms with Gasteiger partial charge in [-0.1, -0.05) is 35.4 Å². The third-order valence-electron chi connectivity index (χ3n) is 6.35. The number of benzene rings is 2. The van der Waals surface area contributed by atoms with Gasteiger partial charge in [-0.05, 0) is 81.7 Å². The zero-order valence-electron chi connectivity index (χ0n) is 19.5. The second-order valence-corrected chi connectivity index (χ2v) is 10.8. The normalized spacial score (nSPS) is 15.8. The second-order valence-electron chi connectivity index (χ2n) is 8.91. The first kappa shape index (κ1) is 24.0. The van der Waals surface area contributed by atoms with Crippen molar-refractivity contribution in [3.8, 4) is 0 Å². The van der Waals surface area contributed by atoms with Gasteiger partial charge in [-0.2, -0.15) is 0 Å². The van der Waals surface area contributed by atoms with Crippen molar-refractivity contribution in [2.75, 3.05) is 22.7 Å². The number of hydrogen-bond acceptors (Lipinski definition) is 4. The summed E-state index contributed by atoms with van der Waals surface area (Å²) >= 11 is 0. The summed E-state index contributed by atoms with van der Waals surface area (Å²) in [6.45, 7) is 2.69. The van der Waals surface area contributed by atoms with Gasteiger partial charge >= 0.3 is 11.8 Å². The third-order valence-corrected chi connectivity index (χ3v) is 8.18. The van der Waals surface area contributed by atoms with Crippen LogP contribution in [0.5, 0.6) is 0 Å². The zero-order chi connectivity index (χ0) is 24.1. The predicted octanol–water partition coefficient (Wildman–Crippen LogP) is 4.08. The van der Waals surface area contributed by atoms with Crippen molar-refractivity contribution in [1.82, 2.24) is 5.32 Å². The van der Waals surface area contributed by atoms with E-state index in [2.05, 4.69) is 16.7 Å². The van der Waals surface area contributed by atoms with Gasteiger partial charge in [0.2, 0.25) is 0 Å². The summed E-state index contributed by atoms with van der Waals surface area (Å²) in [5, 5.41) is 5.29. The number of nitrogens with zero attached hydrogens (tertiary/aromatic N) is 1. The molecule has 1 aliphatic carbocycles. The lowest BCUT2D eigenvalue weighted by atomic mass is 9.97. The van der Waals surface area contributed by atoms with Crippen LogP contribution >= 0.6 is 0 Å². The highest BCUT2D eigenvalue weighted by Gasteiger charge is 2.29. The van der Waals surface area contributed by atoms with Gasteiger partial charge in [-0.25, -0.2) is 8.42 Å². The van der Waals surface area contributed by atoms with Crippen molar-refractivity contribution in [2.45, 2.75) is 56.8 Å². The van der Waals surface area contributed by atoms with E-state index in [9.17, 15) is 18.0 Å². The minimum Gasteiger partial charge on any atom is -0.348 e. The molecule has 4 rings (SSSR count). The van der Waals surface area contributed by atoms with Gasteiger partial charge in [-0.3, -0.25) is 13.9 Å². The van der Waals surface area contributed by atoms with Gasteiger partial charge < -0.3 is 10.6 Å². The van der Waals surface area contributed by atoms with E-state index in [1.807, 2.05) is 13.0 Å². The smallest absolute Gasteiger partial charge is 0.313 e. The van der Waals surface area contributed by atoms with Crippen LogP contribution in [0.25, 0.3) is 0 Å². The van der Waals surface area contributed by atoms with Crippen LogP contribution in [0.4, 0.5) is 11.4 Å². The van der Waals surface area contributed by atoms with E-state index in [-0.39, 0.29) is 4.90 Å². The molecule has 2 amide bonds. The molecule has 180 valence electrons. The highest BCUT2D eigenvalue weighted by Crippen LogP contribution is 2.34. The molecule has 0 atom stereocenters. The standard InChI is InChI=1S/C26H31N3O4S/c1-19-9-13-23(14-10-19)34(32,33)29-17-5-8-21-11-12-22(18-24(21)29)28-26(31)25(30)27-16-15-20-6-3-2-4-7-20/h6,9-14,18H,2-5,7-8,15-17H2,1H3,(H,27,30)(H,28,31). The molecule has 34 heavy (non-hydrogen) atoms. The minimum atomic E-state index is -3.74. The Morgan fingerprint density at radius 1 is 0.971 bits per heavy atom. The molecule has 0 spiro atoms. The molecule has 8 heteroatoms. The number of anilines is 2. The maximum atomic E-state index is 13.3. The fourth-order valence-electron chi connectivity index (χ4n) is 4.44. The van der Waals surface area contributed by atoms with E-state index >= 15 is 0 Å². The Bertz CT molecular complexity index is 1200. The first-order chi connectivity index (χ1) is 16.3. The van der Waals surface area contributed by atoms with Gasteiger partial charge in [0.1, 0.15) is 0 Å². The SMILES string of the molecule is Cc1ccc(S(=O)(=O)N2CCCc3ccc(NC(=O)C(=O)NCCC4=CCCCC4)cc32)cc1. The lowest BCUT2D eigenvalue weighted by Crippen LogP contribution is -2.37. The molecule has 1 heterocycles. The average Bonchev–Trinajstić information content (AvgIpc) is 2.84. The van der Waals surface area contributed by atoms with Crippen molar-refractivity contribution >= 4 is 33.2 Å². The Kier molecular flexibility index (Phi) is 7.36. The maximum Gasteiger partial charge on any atom is 0.313 e. The van der Waals surface area contributed by atoms with Crippen LogP contribution in [0.15, 0.2) is 59.0 Å². The number of nitrogens with one attached hydrogen (secondary N) is 2. The molecular weight excluding hydrogens is 450 g/mol. The summed E-state index contributed by atoms with van der Waals surface area (Å²) in [5.74, 6) is -1.46. The van der Waals surface area contributed by atoms with Crippen molar-refractivity contribution in [3.63, 3.8) is 0 Å². The summed E-state index contributed by atoms with van der Waals surface area (Å²) in [6, 6.07) is 11.9. The summed E-state index contributed by atoms with van der Waals surface area (Å²) in [5.41, 5.74) is 4.13. The number of allylic oxidation sites excluding steroid dienone is 1. The Hall–Kier alpha value is -3.13. The highest BCUT2D eigenvalue weighted by atomic mass is 32.2. The van der Waals surface area contributed by atoms with Gasteiger partial charge in [0.15, 0.2) is 0 Å². The van der Waals surface area contributed by atoms with Gasteiger partial charge in [0, 0.05) is 18.8 Å². The Balaban J connectivity index is 1.44. The predicted molar refractivity (Wildman–Crippen MR) is 133 cm³/mol. The molecule has 0 bridgehead atoms. The van der Waals surface area contributed by atoms with E-state index in [1.54, 1.807) is 36.4 Å². The topological polar surface area (TPSA) is 95.6 Å². The number of fused-ring (bicyclic) bond motifs is 1. The molecule has 1 aliphatic heterocycles. The van der Waals surface area contributed by atoms with Crippen LogP contribution in [0.2, 0.25) is 0 Å². The van der Waals surface area contributed by atoms with E-state index in [0.29, 0.717) is 30.9 Å². The van der Waals surface area contributed by atoms with Crippen molar-refractivity contribution in [2.24, 2.45) is 0 Å². The summed E-state index contributed by atoms with van der Waals surface area (Å²) in [4.78, 5) is 24.9. The molecule has 0 radical (unpaired) electrons. The average molecular weight is 482 g/mol. The largest absolute Gasteiger partial charge is 0.348 e. The molecule has 2 aliphatic rings. The number of aryl methyl sites for hydroxylation is 2. The fraction of sp³-hybridized carbons (Fsp3) is 0.385. The minimum absolute atomic E-state index is 0.229. The number of hydrogen-bond donors (Lipinski definition) is 2. The third kappa shape index (κ3) is 5.50. The van der Waals surface area contributed by atoms with Crippen molar-refractivity contribution in [3.05, 3.63) is 65.2 Å². The molecule has 7 nitrogen and oxygen atoms in total. The van der Waals surface area contributed by atoms with E-state index < -0.39 is 21.8 Å². The number of amides is 2. The summed E-state index contributed by atoms with van der Waals surface area (Å²) < 4.78 is 28.0. The number of carbonyl (C=O) groups excluding carboxylic acids is 2. The van der Waals surface area contributed by atoms with Crippen molar-refractivity contribution in [1.29, 1.82) is 0 Å². The molecule has 0 unspecified atom stereocenters. The van der Waals surface area contributed by atoms with Crippen LogP contribution in [-0.2, 0) is 26.0 Å². The van der Waals surface area contributed by atoms with E-state index in [4.69, 9.17) is 0 Å². The number of rotatable bonds is 6. The summed E-state index contributed by atoms with van der Waals surface area (Å²) in [6.07, 6.45) is 8.96. The Labute approximate surface area is 201 Å². The van der Waals surface area contributed by atoms with Crippen molar-refractivity contribution < 1.29 is 18.0 Å². The maximum absolute atomic E-state index is 13.3. The molecule has 2 N–H and O–H groups in total. The molecule has 2 aromatic carbocycles. The number of sulfonamides is 1. The molecule has 0 fully saturated rings. The Morgan fingerprint density at radius 2 is 1.76 bits per heavy atom. The zero-order valence-corrected chi connectivity index (χ0v) is 20.3. The fourth-order valence-corrected chi connectivity index (χ4v) is 5.98. The number of carbonyl (C=O) groups is 2. The lowest BCUT2D eigenvalue weighted by Gasteiger charge is -2.31. The van der Waals surface area contributed by atoms with E-state index in [1.165, 1.54) is 22.7 Å². The van der Waals surface area contributed by atoms with Crippen LogP contribution in [0, 0.1) is 6.92 Å². The molecule has 0 aromatic heterocycles. The van der Waals surface area contributed by atoms with Crippen LogP contribution in [0.3, 0.4) is 0 Å². The highest BCUT2D eigenvalue weighted by molar-refractivity contribution is 7.92. The molecule has 0 saturated heterocycles. The van der Waals surface area contributed by atoms with Crippen LogP contribution in [-0.4, -0.2) is 33.3 Å². The quantitative estimate of drug-likeness (QED) is 0.480. The summed E-state index contributed by atoms with van der Waals surface area (Å²) in [7, 11) is -3.74. The Morgan fingerprint density at radius 3 is 2.50 bits per heavy atom. The lowest BCUT2D eigenvalue weighted by molar-refractivity contribution is -0.136. The second kappa shape index (κ2) is 10.4. The van der Waals surface area contributed by atoms with Crippen LogP contribution < -0.4 is 14.9 Å². The molecule has 0 saturated carbocycles. The van der Waals surface area contributed by atoms with Gasteiger partial charge in [0.05, 0.1) is 10.6 Å². The van der Waals surface area contributed by atoms with Gasteiger partial charge in [0.25, 0.3) is 10.0 Å². The van der Waals surface area contributed by atoms with E-state index in [0.717, 1.165) is 36.8 Å². The molecular formula is C26H31N3O4S. The first-order valence-corrected chi connectivity index (χ1v) is 13.3. The van der Waals surface area contributed by atoms with Gasteiger partial charge in [-0.15, -0.1) is 0 Å². The monoisotopic (exact) mass is 481 g/mol. The first-order valence-electron chi connectivity index (χ1n) is 11.8. The van der Waals surface area contributed by atoms with Crippen LogP contribution in [0.1, 0.15) is 49.7 Å². The molecule has 2 aromatic rings.